The van der Waals surface area contributed by atoms with Crippen molar-refractivity contribution < 1.29 is 9.59 Å². The Kier molecular flexibility index (Phi) is 6.49. The highest BCUT2D eigenvalue weighted by Crippen LogP contribution is 2.27. The average Bonchev–Trinajstić information content (AvgIpc) is 3.18. The number of hydrogen-bond acceptors (Lipinski definition) is 4. The highest BCUT2D eigenvalue weighted by molar-refractivity contribution is 5.97. The smallest absolute Gasteiger partial charge is 0.277 e. The summed E-state index contributed by atoms with van der Waals surface area (Å²) in [6, 6.07) is 16.4. The molecule has 1 amide bonds. The van der Waals surface area contributed by atoms with Crippen molar-refractivity contribution in [3.63, 3.8) is 0 Å². The summed E-state index contributed by atoms with van der Waals surface area (Å²) in [4.78, 5) is 42.2. The Morgan fingerprint density at radius 2 is 1.73 bits per heavy atom. The lowest BCUT2D eigenvalue weighted by Crippen LogP contribution is -2.25. The monoisotopic (exact) mass is 442 g/mol. The molecular formula is C26H26N4O3. The predicted molar refractivity (Wildman–Crippen MR) is 129 cm³/mol. The molecule has 4 aromatic rings. The summed E-state index contributed by atoms with van der Waals surface area (Å²) in [5, 5.41) is 2.84. The third-order valence-corrected chi connectivity index (χ3v) is 5.57. The molecule has 2 aromatic heterocycles. The van der Waals surface area contributed by atoms with Crippen LogP contribution < -0.4 is 10.9 Å². The summed E-state index contributed by atoms with van der Waals surface area (Å²) in [6.45, 7) is 4.11. The highest BCUT2D eigenvalue weighted by atomic mass is 16.2. The lowest BCUT2D eigenvalue weighted by atomic mass is 10.1. The topological polar surface area (TPSA) is 86.0 Å². The predicted octanol–water partition coefficient (Wildman–Crippen LogP) is 4.51. The third kappa shape index (κ3) is 4.77. The third-order valence-electron chi connectivity index (χ3n) is 5.57. The minimum Gasteiger partial charge on any atom is -0.332 e. The maximum absolute atomic E-state index is 13.3. The molecule has 33 heavy (non-hydrogen) atoms. The maximum atomic E-state index is 13.3. The first kappa shape index (κ1) is 22.2. The summed E-state index contributed by atoms with van der Waals surface area (Å²) in [5.74, 6) is -0.308. The molecule has 4 rings (SSSR count). The fraction of sp³-hybridized carbons (Fsp3) is 0.231. The lowest BCUT2D eigenvalue weighted by molar-refractivity contribution is -0.116. The van der Waals surface area contributed by atoms with Crippen LogP contribution in [-0.2, 0) is 17.9 Å². The number of aryl methyl sites for hydroxylation is 1. The lowest BCUT2D eigenvalue weighted by Gasteiger charge is -2.09. The van der Waals surface area contributed by atoms with Crippen LogP contribution >= 0.6 is 0 Å². The zero-order chi connectivity index (χ0) is 23.4. The molecule has 7 nitrogen and oxygen atoms in total. The second-order valence-electron chi connectivity index (χ2n) is 8.01. The summed E-state index contributed by atoms with van der Waals surface area (Å²) in [5.41, 5.74) is 3.74. The van der Waals surface area contributed by atoms with E-state index in [0.29, 0.717) is 28.8 Å². The average molecular weight is 443 g/mol. The molecule has 0 spiro atoms. The Morgan fingerprint density at radius 1 is 1.00 bits per heavy atom. The summed E-state index contributed by atoms with van der Waals surface area (Å²) < 4.78 is 3.28. The number of nitrogens with one attached hydrogen (secondary N) is 1. The zero-order valence-corrected chi connectivity index (χ0v) is 18.7. The van der Waals surface area contributed by atoms with Crippen LogP contribution in [0.25, 0.3) is 22.2 Å². The van der Waals surface area contributed by atoms with E-state index >= 15 is 0 Å². The second-order valence-corrected chi connectivity index (χ2v) is 8.01. The molecule has 0 bridgehead atoms. The van der Waals surface area contributed by atoms with Crippen molar-refractivity contribution in [2.75, 3.05) is 5.32 Å². The van der Waals surface area contributed by atoms with E-state index in [1.54, 1.807) is 39.7 Å². The van der Waals surface area contributed by atoms with E-state index in [0.717, 1.165) is 24.0 Å². The van der Waals surface area contributed by atoms with Crippen molar-refractivity contribution in [1.82, 2.24) is 14.1 Å². The maximum Gasteiger partial charge on any atom is 0.277 e. The van der Waals surface area contributed by atoms with Crippen LogP contribution in [0, 0.1) is 0 Å². The molecular weight excluding hydrogens is 416 g/mol. The molecule has 0 saturated heterocycles. The number of anilines is 1. The molecule has 0 radical (unpaired) electrons. The zero-order valence-electron chi connectivity index (χ0n) is 18.7. The minimum atomic E-state index is -0.273. The molecule has 1 N–H and O–H groups in total. The first-order chi connectivity index (χ1) is 16.0. The number of carbonyl (C=O) groups is 2. The van der Waals surface area contributed by atoms with Gasteiger partial charge in [-0.25, -0.2) is 4.98 Å². The second kappa shape index (κ2) is 9.65. The van der Waals surface area contributed by atoms with Gasteiger partial charge in [0, 0.05) is 29.6 Å². The van der Waals surface area contributed by atoms with Crippen LogP contribution in [0.5, 0.6) is 0 Å². The number of benzene rings is 2. The fourth-order valence-electron chi connectivity index (χ4n) is 3.80. The van der Waals surface area contributed by atoms with Crippen molar-refractivity contribution in [2.24, 2.45) is 0 Å². The number of rotatable bonds is 8. The Hall–Kier alpha value is -4.00. The molecule has 0 aliphatic rings. The van der Waals surface area contributed by atoms with Gasteiger partial charge in [0.05, 0.1) is 6.33 Å². The molecule has 0 atom stereocenters. The van der Waals surface area contributed by atoms with Gasteiger partial charge in [0.15, 0.2) is 5.78 Å². The molecule has 7 heteroatoms. The van der Waals surface area contributed by atoms with Gasteiger partial charge in [0.1, 0.15) is 17.6 Å². The Balaban J connectivity index is 1.70. The van der Waals surface area contributed by atoms with E-state index in [-0.39, 0.29) is 23.8 Å². The minimum absolute atomic E-state index is 0.0352. The van der Waals surface area contributed by atoms with Crippen molar-refractivity contribution >= 4 is 28.4 Å². The summed E-state index contributed by atoms with van der Waals surface area (Å²) in [6.07, 6.45) is 5.24. The van der Waals surface area contributed by atoms with Gasteiger partial charge in [0.25, 0.3) is 5.56 Å². The van der Waals surface area contributed by atoms with Gasteiger partial charge in [-0.15, -0.1) is 0 Å². The number of ketones is 1. The van der Waals surface area contributed by atoms with E-state index in [4.69, 9.17) is 0 Å². The molecule has 2 heterocycles. The number of amides is 1. The van der Waals surface area contributed by atoms with E-state index in [9.17, 15) is 14.4 Å². The Labute approximate surface area is 191 Å². The molecule has 2 aromatic carbocycles. The molecule has 0 aliphatic heterocycles. The molecule has 0 saturated carbocycles. The number of carbonyl (C=O) groups excluding carboxylic acids is 2. The van der Waals surface area contributed by atoms with Gasteiger partial charge >= 0.3 is 0 Å². The van der Waals surface area contributed by atoms with Gasteiger partial charge in [-0.1, -0.05) is 43.7 Å². The number of aromatic nitrogens is 3. The van der Waals surface area contributed by atoms with Gasteiger partial charge in [0.2, 0.25) is 5.91 Å². The van der Waals surface area contributed by atoms with Gasteiger partial charge in [-0.3, -0.25) is 19.0 Å². The van der Waals surface area contributed by atoms with Crippen LogP contribution in [0.4, 0.5) is 5.69 Å². The SMILES string of the molecule is CCCCn1cnc2c(-c3ccccc3)cn(CC(=O)Nc3ccc(C(C)=O)cc3)c2c1=O. The first-order valence-electron chi connectivity index (χ1n) is 11.0. The van der Waals surface area contributed by atoms with Crippen molar-refractivity contribution in [1.29, 1.82) is 0 Å². The van der Waals surface area contributed by atoms with Crippen LogP contribution in [0.1, 0.15) is 37.0 Å². The van der Waals surface area contributed by atoms with E-state index < -0.39 is 0 Å². The number of hydrogen-bond donors (Lipinski definition) is 1. The van der Waals surface area contributed by atoms with E-state index in [1.165, 1.54) is 6.92 Å². The van der Waals surface area contributed by atoms with Crippen LogP contribution in [0.15, 0.2) is 71.9 Å². The Bertz CT molecular complexity index is 1350. The molecule has 0 unspecified atom stereocenters. The number of nitrogens with zero attached hydrogens (tertiary/aromatic N) is 3. The van der Waals surface area contributed by atoms with Crippen molar-refractivity contribution in [2.45, 2.75) is 39.8 Å². The van der Waals surface area contributed by atoms with Crippen LogP contribution in [-0.4, -0.2) is 25.8 Å². The number of fused-ring (bicyclic) bond motifs is 1. The normalized spacial score (nSPS) is 11.0. The number of unbranched alkanes of at least 4 members (excludes halogenated alkanes) is 1. The van der Waals surface area contributed by atoms with Gasteiger partial charge < -0.3 is 9.88 Å². The van der Waals surface area contributed by atoms with Gasteiger partial charge in [-0.2, -0.15) is 0 Å². The summed E-state index contributed by atoms with van der Waals surface area (Å²) >= 11 is 0. The molecule has 0 fully saturated rings. The molecule has 168 valence electrons. The van der Waals surface area contributed by atoms with E-state index in [2.05, 4.69) is 17.2 Å². The van der Waals surface area contributed by atoms with Crippen LogP contribution in [0.2, 0.25) is 0 Å². The largest absolute Gasteiger partial charge is 0.332 e. The summed E-state index contributed by atoms with van der Waals surface area (Å²) in [7, 11) is 0. The Morgan fingerprint density at radius 3 is 2.39 bits per heavy atom. The molecule has 0 aliphatic carbocycles. The highest BCUT2D eigenvalue weighted by Gasteiger charge is 2.18. The van der Waals surface area contributed by atoms with Crippen LogP contribution in [0.3, 0.4) is 0 Å². The quantitative estimate of drug-likeness (QED) is 0.407. The standard InChI is InChI=1S/C26H26N4O3/c1-3-4-14-29-17-27-24-22(20-8-6-5-7-9-20)15-30(25(24)26(29)33)16-23(32)28-21-12-10-19(11-13-21)18(2)31/h5-13,15,17H,3-4,14,16H2,1-2H3,(H,28,32). The van der Waals surface area contributed by atoms with Crippen molar-refractivity contribution in [3.8, 4) is 11.1 Å². The van der Waals surface area contributed by atoms with Gasteiger partial charge in [-0.05, 0) is 43.2 Å². The van der Waals surface area contributed by atoms with E-state index in [1.807, 2.05) is 36.5 Å². The van der Waals surface area contributed by atoms with Crippen molar-refractivity contribution in [3.05, 3.63) is 83.0 Å². The fourth-order valence-corrected chi connectivity index (χ4v) is 3.80. The number of Topliss-reactive ketones (excluding diaryl/α,β-unsaturated/α-hetero) is 1. The first-order valence-corrected chi connectivity index (χ1v) is 11.0.